The zero-order valence-electron chi connectivity index (χ0n) is 13.4. The molecule has 3 rings (SSSR count). The van der Waals surface area contributed by atoms with E-state index in [1.165, 1.54) is 10.9 Å². The summed E-state index contributed by atoms with van der Waals surface area (Å²) in [5, 5.41) is 9.83. The van der Waals surface area contributed by atoms with E-state index in [0.29, 0.717) is 17.5 Å². The smallest absolute Gasteiger partial charge is 0.320 e. The number of fused-ring (bicyclic) bond motifs is 1. The van der Waals surface area contributed by atoms with Gasteiger partial charge in [0.1, 0.15) is 6.04 Å². The number of benzene rings is 1. The van der Waals surface area contributed by atoms with Gasteiger partial charge in [-0.05, 0) is 11.6 Å². The summed E-state index contributed by atoms with van der Waals surface area (Å²) in [6, 6.07) is 5.49. The van der Waals surface area contributed by atoms with Crippen LogP contribution in [0.25, 0.3) is 10.9 Å². The summed E-state index contributed by atoms with van der Waals surface area (Å²) >= 11 is 0. The van der Waals surface area contributed by atoms with Crippen LogP contribution in [0.15, 0.2) is 43.0 Å². The Labute approximate surface area is 143 Å². The van der Waals surface area contributed by atoms with Crippen molar-refractivity contribution in [3.63, 3.8) is 0 Å². The van der Waals surface area contributed by atoms with Crippen LogP contribution in [0, 0.1) is 0 Å². The van der Waals surface area contributed by atoms with Crippen molar-refractivity contribution in [1.82, 2.24) is 14.5 Å². The number of para-hydroxylation sites is 1. The van der Waals surface area contributed by atoms with Gasteiger partial charge in [0.25, 0.3) is 0 Å². The number of H-pyrrole nitrogens is 1. The van der Waals surface area contributed by atoms with E-state index in [9.17, 15) is 9.59 Å². The topological polar surface area (TPSA) is 140 Å². The number of rotatable bonds is 6. The van der Waals surface area contributed by atoms with Crippen molar-refractivity contribution in [2.45, 2.75) is 24.9 Å². The van der Waals surface area contributed by atoms with E-state index in [1.807, 2.05) is 18.2 Å². The molecule has 0 spiro atoms. The highest BCUT2D eigenvalue weighted by molar-refractivity contribution is 5.97. The second kappa shape index (κ2) is 6.88. The SMILES string of the molecule is N[C@@H](Cc1cn(C(=O)[C@@H](N)Cc2cnc[nH]2)c2ccccc12)C(=O)O. The molecule has 0 aliphatic heterocycles. The summed E-state index contributed by atoms with van der Waals surface area (Å²) in [7, 11) is 0. The Kier molecular flexibility index (Phi) is 4.64. The van der Waals surface area contributed by atoms with Crippen LogP contribution >= 0.6 is 0 Å². The molecule has 3 aromatic rings. The lowest BCUT2D eigenvalue weighted by atomic mass is 10.1. The van der Waals surface area contributed by atoms with Crippen LogP contribution in [-0.2, 0) is 17.6 Å². The molecule has 1 aromatic carbocycles. The molecule has 8 heteroatoms. The highest BCUT2D eigenvalue weighted by Crippen LogP contribution is 2.23. The standard InChI is InChI=1S/C17H19N5O3/c18-13(6-11-7-20-9-21-11)16(23)22-8-10(5-14(19)17(24)25)12-3-1-2-4-15(12)22/h1-4,7-9,13-14H,5-6,18-19H2,(H,20,21)(H,24,25)/t13-,14-/m0/s1. The van der Waals surface area contributed by atoms with Crippen molar-refractivity contribution in [1.29, 1.82) is 0 Å². The predicted octanol–water partition coefficient (Wildman–Crippen LogP) is 0.529. The van der Waals surface area contributed by atoms with Crippen molar-refractivity contribution in [2.75, 3.05) is 0 Å². The highest BCUT2D eigenvalue weighted by atomic mass is 16.4. The summed E-state index contributed by atoms with van der Waals surface area (Å²) in [5.74, 6) is -1.36. The van der Waals surface area contributed by atoms with Crippen LogP contribution in [0.2, 0.25) is 0 Å². The first kappa shape index (κ1) is 16.9. The van der Waals surface area contributed by atoms with Crippen LogP contribution in [0.4, 0.5) is 0 Å². The maximum atomic E-state index is 12.8. The van der Waals surface area contributed by atoms with Gasteiger partial charge < -0.3 is 21.6 Å². The van der Waals surface area contributed by atoms with Crippen molar-refractivity contribution < 1.29 is 14.7 Å². The first-order valence-corrected chi connectivity index (χ1v) is 7.81. The molecule has 25 heavy (non-hydrogen) atoms. The Morgan fingerprint density at radius 2 is 1.96 bits per heavy atom. The van der Waals surface area contributed by atoms with Gasteiger partial charge in [-0.2, -0.15) is 0 Å². The maximum Gasteiger partial charge on any atom is 0.320 e. The maximum absolute atomic E-state index is 12.8. The van der Waals surface area contributed by atoms with Gasteiger partial charge in [0, 0.05) is 36.3 Å². The lowest BCUT2D eigenvalue weighted by Crippen LogP contribution is -2.36. The molecule has 0 aliphatic rings. The van der Waals surface area contributed by atoms with E-state index in [1.54, 1.807) is 18.5 Å². The zero-order chi connectivity index (χ0) is 18.0. The van der Waals surface area contributed by atoms with E-state index < -0.39 is 18.1 Å². The minimum Gasteiger partial charge on any atom is -0.480 e. The molecule has 8 nitrogen and oxygen atoms in total. The number of aliphatic carboxylic acids is 1. The Bertz CT molecular complexity index is 900. The molecule has 0 saturated carbocycles. The molecule has 0 bridgehead atoms. The van der Waals surface area contributed by atoms with Gasteiger partial charge in [-0.1, -0.05) is 18.2 Å². The van der Waals surface area contributed by atoms with Gasteiger partial charge >= 0.3 is 5.97 Å². The minimum atomic E-state index is -1.08. The van der Waals surface area contributed by atoms with Crippen LogP contribution in [0.1, 0.15) is 16.1 Å². The second-order valence-corrected chi connectivity index (χ2v) is 5.92. The summed E-state index contributed by atoms with van der Waals surface area (Å²) in [5.41, 5.74) is 13.8. The molecule has 2 atom stereocenters. The zero-order valence-corrected chi connectivity index (χ0v) is 13.4. The number of hydrogen-bond donors (Lipinski definition) is 4. The number of imidazole rings is 1. The van der Waals surface area contributed by atoms with Gasteiger partial charge in [0.15, 0.2) is 0 Å². The number of carbonyl (C=O) groups excluding carboxylic acids is 1. The van der Waals surface area contributed by atoms with Crippen LogP contribution in [-0.4, -0.2) is 43.6 Å². The monoisotopic (exact) mass is 341 g/mol. The molecule has 6 N–H and O–H groups in total. The average molecular weight is 341 g/mol. The van der Waals surface area contributed by atoms with Crippen LogP contribution in [0.5, 0.6) is 0 Å². The van der Waals surface area contributed by atoms with Gasteiger partial charge in [-0.15, -0.1) is 0 Å². The van der Waals surface area contributed by atoms with E-state index in [-0.39, 0.29) is 12.3 Å². The molecule has 0 unspecified atom stereocenters. The van der Waals surface area contributed by atoms with E-state index >= 15 is 0 Å². The Hall–Kier alpha value is -2.97. The number of carboxylic acid groups (broad SMARTS) is 1. The number of carboxylic acids is 1. The van der Waals surface area contributed by atoms with Crippen LogP contribution in [0.3, 0.4) is 0 Å². The number of hydrogen-bond acceptors (Lipinski definition) is 5. The van der Waals surface area contributed by atoms with E-state index in [4.69, 9.17) is 16.6 Å². The first-order chi connectivity index (χ1) is 12.0. The normalized spacial score (nSPS) is 13.7. The molecular formula is C17H19N5O3. The van der Waals surface area contributed by atoms with Gasteiger partial charge in [0.2, 0.25) is 5.91 Å². The summed E-state index contributed by atoms with van der Waals surface area (Å²) in [4.78, 5) is 30.6. The third kappa shape index (κ3) is 3.44. The number of aromatic nitrogens is 3. The molecule has 0 fully saturated rings. The molecule has 0 saturated heterocycles. The largest absolute Gasteiger partial charge is 0.480 e. The Balaban J connectivity index is 1.92. The number of nitrogens with two attached hydrogens (primary N) is 2. The quantitative estimate of drug-likeness (QED) is 0.515. The number of carbonyl (C=O) groups is 2. The fourth-order valence-electron chi connectivity index (χ4n) is 2.82. The Morgan fingerprint density at radius 1 is 1.20 bits per heavy atom. The van der Waals surface area contributed by atoms with Gasteiger partial charge in [0.05, 0.1) is 17.9 Å². The molecule has 0 amide bonds. The van der Waals surface area contributed by atoms with Crippen LogP contribution < -0.4 is 11.5 Å². The number of nitrogens with one attached hydrogen (secondary N) is 1. The molecule has 2 heterocycles. The van der Waals surface area contributed by atoms with E-state index in [0.717, 1.165) is 11.1 Å². The molecule has 0 radical (unpaired) electrons. The fourth-order valence-corrected chi connectivity index (χ4v) is 2.82. The Morgan fingerprint density at radius 3 is 2.64 bits per heavy atom. The lowest BCUT2D eigenvalue weighted by molar-refractivity contribution is -0.138. The predicted molar refractivity (Wildman–Crippen MR) is 92.1 cm³/mol. The molecule has 2 aromatic heterocycles. The van der Waals surface area contributed by atoms with Crippen molar-refractivity contribution in [3.8, 4) is 0 Å². The molecule has 0 aliphatic carbocycles. The average Bonchev–Trinajstić information content (AvgIpc) is 3.22. The molecular weight excluding hydrogens is 322 g/mol. The van der Waals surface area contributed by atoms with Crippen molar-refractivity contribution in [2.24, 2.45) is 11.5 Å². The fraction of sp³-hybridized carbons (Fsp3) is 0.235. The van der Waals surface area contributed by atoms with Gasteiger partial charge in [-0.25, -0.2) is 4.98 Å². The minimum absolute atomic E-state index is 0.131. The summed E-state index contributed by atoms with van der Waals surface area (Å²) in [6.45, 7) is 0. The lowest BCUT2D eigenvalue weighted by Gasteiger charge is -2.11. The van der Waals surface area contributed by atoms with E-state index in [2.05, 4.69) is 9.97 Å². The third-order valence-corrected chi connectivity index (χ3v) is 4.10. The number of nitrogens with zero attached hydrogens (tertiary/aromatic N) is 2. The second-order valence-electron chi connectivity index (χ2n) is 5.92. The third-order valence-electron chi connectivity index (χ3n) is 4.10. The van der Waals surface area contributed by atoms with Crippen molar-refractivity contribution >= 4 is 22.8 Å². The first-order valence-electron chi connectivity index (χ1n) is 7.81. The highest BCUT2D eigenvalue weighted by Gasteiger charge is 2.22. The summed E-state index contributed by atoms with van der Waals surface area (Å²) in [6.07, 6.45) is 5.24. The number of aromatic amines is 1. The van der Waals surface area contributed by atoms with Crippen molar-refractivity contribution in [3.05, 3.63) is 54.2 Å². The summed E-state index contributed by atoms with van der Waals surface area (Å²) < 4.78 is 1.47. The molecule has 130 valence electrons. The van der Waals surface area contributed by atoms with Gasteiger partial charge in [-0.3, -0.25) is 14.2 Å².